The summed E-state index contributed by atoms with van der Waals surface area (Å²) >= 11 is 0. The Balaban J connectivity index is 2.18. The van der Waals surface area contributed by atoms with Gasteiger partial charge in [-0.25, -0.2) is 9.78 Å². The Morgan fingerprint density at radius 3 is 2.52 bits per heavy atom. The van der Waals surface area contributed by atoms with Crippen LogP contribution >= 0.6 is 0 Å². The van der Waals surface area contributed by atoms with E-state index < -0.39 is 23.4 Å². The molecule has 0 saturated carbocycles. The molecule has 2 aromatic rings. The van der Waals surface area contributed by atoms with Crippen molar-refractivity contribution in [2.45, 2.75) is 39.1 Å². The lowest BCUT2D eigenvalue weighted by Gasteiger charge is -2.30. The van der Waals surface area contributed by atoms with Crippen LogP contribution < -0.4 is 0 Å². The number of aromatic amines is 1. The Hall–Kier alpha value is -2.25. The van der Waals surface area contributed by atoms with Crippen LogP contribution in [0.1, 0.15) is 32.2 Å². The zero-order valence-corrected chi connectivity index (χ0v) is 13.3. The number of aromatic nitrogens is 2. The van der Waals surface area contributed by atoms with Gasteiger partial charge >= 0.3 is 12.3 Å². The number of hydrogen-bond acceptors (Lipinski definition) is 3. The van der Waals surface area contributed by atoms with Gasteiger partial charge in [0.2, 0.25) is 0 Å². The van der Waals surface area contributed by atoms with Crippen LogP contribution in [-0.2, 0) is 17.5 Å². The summed E-state index contributed by atoms with van der Waals surface area (Å²) in [6, 6.07) is 3.75. The monoisotopic (exact) mass is 329 g/mol. The lowest BCUT2D eigenvalue weighted by molar-refractivity contribution is -0.136. The molecule has 0 saturated heterocycles. The fourth-order valence-corrected chi connectivity index (χ4v) is 1.88. The lowest BCUT2D eigenvalue weighted by Crippen LogP contribution is -2.42. The van der Waals surface area contributed by atoms with Crippen LogP contribution in [0, 0.1) is 0 Å². The summed E-state index contributed by atoms with van der Waals surface area (Å²) in [5, 5.41) is 0. The van der Waals surface area contributed by atoms with Crippen molar-refractivity contribution >= 4 is 17.1 Å². The third kappa shape index (κ3) is 3.75. The van der Waals surface area contributed by atoms with Gasteiger partial charge in [0.1, 0.15) is 11.3 Å². The molecule has 23 heavy (non-hydrogen) atoms. The largest absolute Gasteiger partial charge is 0.441 e. The normalized spacial score (nSPS) is 12.5. The molecule has 2 rings (SSSR count). The number of H-pyrrole nitrogens is 1. The van der Waals surface area contributed by atoms with Crippen molar-refractivity contribution in [2.75, 3.05) is 7.05 Å². The molecule has 0 radical (unpaired) electrons. The molecule has 1 heterocycles. The number of ether oxygens (including phenoxy) is 1. The van der Waals surface area contributed by atoms with Crippen molar-refractivity contribution in [3.63, 3.8) is 0 Å². The Morgan fingerprint density at radius 1 is 1.30 bits per heavy atom. The van der Waals surface area contributed by atoms with Crippen LogP contribution in [-0.4, -0.2) is 33.5 Å². The van der Waals surface area contributed by atoms with Gasteiger partial charge in [-0.15, -0.1) is 0 Å². The van der Waals surface area contributed by atoms with E-state index in [-0.39, 0.29) is 23.5 Å². The first-order valence-corrected chi connectivity index (χ1v) is 6.95. The number of carbonyl (C=O) groups is 1. The highest BCUT2D eigenvalue weighted by Gasteiger charge is 2.33. The topological polar surface area (TPSA) is 58.2 Å². The molecule has 1 N–H and O–H groups in total. The summed E-state index contributed by atoms with van der Waals surface area (Å²) in [6.07, 6.45) is -5.07. The summed E-state index contributed by atoms with van der Waals surface area (Å²) in [6.45, 7) is 5.28. The van der Waals surface area contributed by atoms with Gasteiger partial charge in [-0.2, -0.15) is 13.2 Å². The van der Waals surface area contributed by atoms with Gasteiger partial charge in [0, 0.05) is 12.6 Å². The van der Waals surface area contributed by atoms with Gasteiger partial charge < -0.3 is 14.6 Å². The highest BCUT2D eigenvalue weighted by Crippen LogP contribution is 2.33. The fourth-order valence-electron chi connectivity index (χ4n) is 1.88. The Morgan fingerprint density at radius 2 is 1.96 bits per heavy atom. The minimum absolute atomic E-state index is 0.160. The predicted molar refractivity (Wildman–Crippen MR) is 78.8 cm³/mol. The Kier molecular flexibility index (Phi) is 4.28. The second-order valence-corrected chi connectivity index (χ2v) is 6.17. The number of imidazole rings is 1. The van der Waals surface area contributed by atoms with Gasteiger partial charge in [-0.1, -0.05) is 6.07 Å². The van der Waals surface area contributed by atoms with Crippen molar-refractivity contribution in [3.05, 3.63) is 29.6 Å². The molecule has 1 amide bonds. The van der Waals surface area contributed by atoms with Gasteiger partial charge in [0.15, 0.2) is 6.61 Å². The number of amides is 1. The smallest absolute Gasteiger partial charge is 0.418 e. The molecule has 0 aliphatic carbocycles. The maximum Gasteiger partial charge on any atom is 0.418 e. The Labute approximate surface area is 131 Å². The first-order chi connectivity index (χ1) is 10.5. The highest BCUT2D eigenvalue weighted by molar-refractivity contribution is 5.79. The number of alkyl halides is 3. The van der Waals surface area contributed by atoms with E-state index in [4.69, 9.17) is 4.74 Å². The van der Waals surface area contributed by atoms with Gasteiger partial charge in [-0.05, 0) is 32.9 Å². The highest BCUT2D eigenvalue weighted by atomic mass is 19.4. The molecule has 0 aliphatic rings. The van der Waals surface area contributed by atoms with E-state index in [2.05, 4.69) is 9.97 Å². The summed E-state index contributed by atoms with van der Waals surface area (Å²) in [7, 11) is 1.59. The van der Waals surface area contributed by atoms with Crippen LogP contribution in [0.3, 0.4) is 0 Å². The molecule has 0 unspecified atom stereocenters. The third-order valence-electron chi connectivity index (χ3n) is 3.48. The van der Waals surface area contributed by atoms with Crippen molar-refractivity contribution in [3.8, 4) is 0 Å². The molecule has 1 aromatic heterocycles. The maximum atomic E-state index is 12.9. The van der Waals surface area contributed by atoms with Crippen LogP contribution in [0.25, 0.3) is 11.0 Å². The average molecular weight is 329 g/mol. The molecule has 0 spiro atoms. The zero-order chi connectivity index (χ0) is 17.4. The number of halogens is 3. The second-order valence-electron chi connectivity index (χ2n) is 6.17. The summed E-state index contributed by atoms with van der Waals surface area (Å²) < 4.78 is 43.9. The van der Waals surface area contributed by atoms with E-state index >= 15 is 0 Å². The molecular weight excluding hydrogens is 311 g/mol. The van der Waals surface area contributed by atoms with Crippen molar-refractivity contribution in [1.82, 2.24) is 14.9 Å². The number of hydrogen-bond donors (Lipinski definition) is 1. The fraction of sp³-hybridized carbons (Fsp3) is 0.467. The average Bonchev–Trinajstić information content (AvgIpc) is 2.84. The van der Waals surface area contributed by atoms with Crippen molar-refractivity contribution in [2.24, 2.45) is 0 Å². The first kappa shape index (κ1) is 17.1. The number of para-hydroxylation sites is 1. The zero-order valence-electron chi connectivity index (χ0n) is 13.3. The summed E-state index contributed by atoms with van der Waals surface area (Å²) in [5.41, 5.74) is -1.19. The van der Waals surface area contributed by atoms with Crippen molar-refractivity contribution in [1.29, 1.82) is 0 Å². The molecule has 126 valence electrons. The SMILES string of the molecule is CN(C(=O)OCc1nc2c(C(F)(F)F)cccc2[nH]1)C(C)(C)C. The number of nitrogens with zero attached hydrogens (tertiary/aromatic N) is 2. The molecule has 5 nitrogen and oxygen atoms in total. The van der Waals surface area contributed by atoms with E-state index in [1.807, 2.05) is 20.8 Å². The van der Waals surface area contributed by atoms with Crippen LogP contribution in [0.4, 0.5) is 18.0 Å². The van der Waals surface area contributed by atoms with Gasteiger partial charge in [-0.3, -0.25) is 0 Å². The van der Waals surface area contributed by atoms with E-state index in [1.165, 1.54) is 17.0 Å². The van der Waals surface area contributed by atoms with Crippen LogP contribution in [0.5, 0.6) is 0 Å². The molecule has 0 aliphatic heterocycles. The van der Waals surface area contributed by atoms with E-state index in [0.29, 0.717) is 0 Å². The number of carbonyl (C=O) groups excluding carboxylic acids is 1. The van der Waals surface area contributed by atoms with Crippen LogP contribution in [0.2, 0.25) is 0 Å². The minimum Gasteiger partial charge on any atom is -0.441 e. The minimum atomic E-state index is -4.49. The lowest BCUT2D eigenvalue weighted by atomic mass is 10.1. The number of nitrogens with one attached hydrogen (secondary N) is 1. The molecule has 1 aromatic carbocycles. The second kappa shape index (κ2) is 5.75. The van der Waals surface area contributed by atoms with Crippen molar-refractivity contribution < 1.29 is 22.7 Å². The molecular formula is C15H18F3N3O2. The van der Waals surface area contributed by atoms with E-state index in [9.17, 15) is 18.0 Å². The number of rotatable bonds is 2. The first-order valence-electron chi connectivity index (χ1n) is 6.95. The summed E-state index contributed by atoms with van der Waals surface area (Å²) in [5.74, 6) is 0.160. The standard InChI is InChI=1S/C15H18F3N3O2/c1-14(2,3)21(4)13(22)23-8-11-19-10-7-5-6-9(12(10)20-11)15(16,17)18/h5-7H,8H2,1-4H3,(H,19,20). The molecule has 0 fully saturated rings. The number of benzene rings is 1. The van der Waals surface area contributed by atoms with Gasteiger partial charge in [0.25, 0.3) is 0 Å². The molecule has 8 heteroatoms. The van der Waals surface area contributed by atoms with Crippen LogP contribution in [0.15, 0.2) is 18.2 Å². The van der Waals surface area contributed by atoms with E-state index in [0.717, 1.165) is 6.07 Å². The molecule has 0 atom stereocenters. The summed E-state index contributed by atoms with van der Waals surface area (Å²) in [4.78, 5) is 19.9. The van der Waals surface area contributed by atoms with E-state index in [1.54, 1.807) is 7.05 Å². The van der Waals surface area contributed by atoms with Gasteiger partial charge in [0.05, 0.1) is 11.1 Å². The Bertz CT molecular complexity index is 717. The maximum absolute atomic E-state index is 12.9. The number of fused-ring (bicyclic) bond motifs is 1. The quantitative estimate of drug-likeness (QED) is 0.907. The predicted octanol–water partition coefficient (Wildman–Crippen LogP) is 3.95. The molecule has 0 bridgehead atoms. The third-order valence-corrected chi connectivity index (χ3v) is 3.48.